The monoisotopic (exact) mass is 414 g/mol. The van der Waals surface area contributed by atoms with Crippen LogP contribution in [-0.2, 0) is 19.4 Å². The average molecular weight is 415 g/mol. The Morgan fingerprint density at radius 3 is 2.88 bits per heavy atom. The quantitative estimate of drug-likeness (QED) is 0.679. The highest BCUT2D eigenvalue weighted by Crippen LogP contribution is 2.31. The first-order valence-corrected chi connectivity index (χ1v) is 9.83. The van der Waals surface area contributed by atoms with E-state index in [0.29, 0.717) is 6.61 Å². The summed E-state index contributed by atoms with van der Waals surface area (Å²) in [4.78, 5) is 0. The Hall–Kier alpha value is -1.98. The van der Waals surface area contributed by atoms with Gasteiger partial charge in [-0.15, -0.1) is 0 Å². The molecule has 1 aromatic heterocycles. The van der Waals surface area contributed by atoms with Gasteiger partial charge in [0.25, 0.3) is 0 Å². The molecule has 2 heterocycles. The molecule has 0 fully saturated rings. The summed E-state index contributed by atoms with van der Waals surface area (Å²) in [6.07, 6.45) is 1.95. The van der Waals surface area contributed by atoms with Gasteiger partial charge in [0.15, 0.2) is 11.5 Å². The van der Waals surface area contributed by atoms with Gasteiger partial charge in [-0.3, -0.25) is 0 Å². The molecule has 1 aliphatic rings. The van der Waals surface area contributed by atoms with Crippen molar-refractivity contribution >= 4 is 26.8 Å². The Kier molecular flexibility index (Phi) is 5.18. The third kappa shape index (κ3) is 3.33. The van der Waals surface area contributed by atoms with Gasteiger partial charge in [-0.05, 0) is 29.8 Å². The molecule has 0 spiro atoms. The molecule has 1 N–H and O–H groups in total. The third-order valence-electron chi connectivity index (χ3n) is 4.98. The Labute approximate surface area is 162 Å². The second kappa shape index (κ2) is 7.72. The molecule has 2 aromatic carbocycles. The van der Waals surface area contributed by atoms with Gasteiger partial charge in [0, 0.05) is 53.5 Å². The summed E-state index contributed by atoms with van der Waals surface area (Å²) in [7, 11) is 1.67. The normalized spacial score (nSPS) is 14.1. The minimum atomic E-state index is 0.631. The lowest BCUT2D eigenvalue weighted by atomic mass is 10.1. The van der Waals surface area contributed by atoms with Crippen molar-refractivity contribution in [2.75, 3.05) is 26.8 Å². The highest BCUT2D eigenvalue weighted by Gasteiger charge is 2.18. The molecule has 4 rings (SSSR count). The van der Waals surface area contributed by atoms with E-state index in [4.69, 9.17) is 9.47 Å². The van der Waals surface area contributed by atoms with Crippen LogP contribution in [0.1, 0.15) is 11.3 Å². The Morgan fingerprint density at radius 2 is 2.00 bits per heavy atom. The van der Waals surface area contributed by atoms with Gasteiger partial charge in [-0.25, -0.2) is 0 Å². The molecule has 0 amide bonds. The topological polar surface area (TPSA) is 35.4 Å². The first-order chi connectivity index (χ1) is 12.8. The van der Waals surface area contributed by atoms with E-state index in [2.05, 4.69) is 50.1 Å². The summed E-state index contributed by atoms with van der Waals surface area (Å²) in [5.41, 5.74) is 4.20. The number of halogens is 1. The van der Waals surface area contributed by atoms with Crippen molar-refractivity contribution < 1.29 is 9.47 Å². The van der Waals surface area contributed by atoms with E-state index in [-0.39, 0.29) is 0 Å². The number of ether oxygens (including phenoxy) is 2. The second-order valence-corrected chi connectivity index (χ2v) is 7.40. The first kappa shape index (κ1) is 17.4. The summed E-state index contributed by atoms with van der Waals surface area (Å²) in [6, 6.07) is 14.6. The van der Waals surface area contributed by atoms with Gasteiger partial charge in [0.2, 0.25) is 0 Å². The summed E-state index contributed by atoms with van der Waals surface area (Å²) < 4.78 is 14.9. The van der Waals surface area contributed by atoms with Crippen molar-refractivity contribution in [3.05, 3.63) is 58.2 Å². The lowest BCUT2D eigenvalue weighted by Crippen LogP contribution is -2.17. The number of hydrogen-bond acceptors (Lipinski definition) is 3. The Morgan fingerprint density at radius 1 is 1.12 bits per heavy atom. The van der Waals surface area contributed by atoms with Gasteiger partial charge >= 0.3 is 0 Å². The second-order valence-electron chi connectivity index (χ2n) is 6.49. The van der Waals surface area contributed by atoms with Crippen LogP contribution in [0.5, 0.6) is 11.5 Å². The maximum atomic E-state index is 6.06. The van der Waals surface area contributed by atoms with Crippen LogP contribution in [0.2, 0.25) is 0 Å². The van der Waals surface area contributed by atoms with Crippen LogP contribution in [0.3, 0.4) is 0 Å². The van der Waals surface area contributed by atoms with Crippen molar-refractivity contribution in [3.63, 3.8) is 0 Å². The Bertz CT molecular complexity index is 920. The summed E-state index contributed by atoms with van der Waals surface area (Å²) in [5.74, 6) is 1.54. The third-order valence-corrected chi connectivity index (χ3v) is 5.47. The highest BCUT2D eigenvalue weighted by atomic mass is 79.9. The van der Waals surface area contributed by atoms with E-state index in [1.54, 1.807) is 7.11 Å². The van der Waals surface area contributed by atoms with Crippen molar-refractivity contribution in [2.24, 2.45) is 0 Å². The van der Waals surface area contributed by atoms with Gasteiger partial charge in [0.1, 0.15) is 0 Å². The Balaban J connectivity index is 1.59. The van der Waals surface area contributed by atoms with Crippen LogP contribution in [-0.4, -0.2) is 31.4 Å². The van der Waals surface area contributed by atoms with Crippen molar-refractivity contribution in [3.8, 4) is 11.5 Å². The molecule has 136 valence electrons. The fourth-order valence-electron chi connectivity index (χ4n) is 3.79. The standard InChI is InChI=1S/C21H23BrN2O2/c1-25-21-14-15(22)6-7-20(21)26-13-9-17-16-4-2-3-5-18(16)24-12-11-23-10-8-19(17)24/h2-7,14,23H,8-13H2,1H3. The SMILES string of the molecule is COc1cc(Br)ccc1OCCc1c2n(c3ccccc13)CCNCC2. The van der Waals surface area contributed by atoms with E-state index in [1.165, 1.54) is 22.2 Å². The number of hydrogen-bond donors (Lipinski definition) is 1. The molecule has 0 bridgehead atoms. The van der Waals surface area contributed by atoms with Crippen LogP contribution in [0.15, 0.2) is 46.9 Å². The summed E-state index contributed by atoms with van der Waals surface area (Å²) in [6.45, 7) is 3.71. The molecular weight excluding hydrogens is 392 g/mol. The maximum absolute atomic E-state index is 6.06. The van der Waals surface area contributed by atoms with Crippen molar-refractivity contribution in [1.82, 2.24) is 9.88 Å². The van der Waals surface area contributed by atoms with E-state index < -0.39 is 0 Å². The number of aromatic nitrogens is 1. The van der Waals surface area contributed by atoms with Gasteiger partial charge in [0.05, 0.1) is 13.7 Å². The zero-order chi connectivity index (χ0) is 17.9. The molecule has 4 nitrogen and oxygen atoms in total. The van der Waals surface area contributed by atoms with Crippen LogP contribution in [0.25, 0.3) is 10.9 Å². The highest BCUT2D eigenvalue weighted by molar-refractivity contribution is 9.10. The number of nitrogens with zero attached hydrogens (tertiary/aromatic N) is 1. The zero-order valence-corrected chi connectivity index (χ0v) is 16.5. The fraction of sp³-hybridized carbons (Fsp3) is 0.333. The molecule has 0 saturated heterocycles. The molecular formula is C21H23BrN2O2. The minimum absolute atomic E-state index is 0.631. The largest absolute Gasteiger partial charge is 0.493 e. The molecule has 5 heteroatoms. The summed E-state index contributed by atoms with van der Waals surface area (Å²) >= 11 is 3.47. The van der Waals surface area contributed by atoms with E-state index in [1.807, 2.05) is 18.2 Å². The molecule has 0 saturated carbocycles. The van der Waals surface area contributed by atoms with E-state index in [0.717, 1.165) is 48.4 Å². The average Bonchev–Trinajstić information content (AvgIpc) is 2.81. The van der Waals surface area contributed by atoms with Crippen LogP contribution < -0.4 is 14.8 Å². The zero-order valence-electron chi connectivity index (χ0n) is 14.9. The number of benzene rings is 2. The van der Waals surface area contributed by atoms with Crippen molar-refractivity contribution in [2.45, 2.75) is 19.4 Å². The smallest absolute Gasteiger partial charge is 0.161 e. The first-order valence-electron chi connectivity index (χ1n) is 9.04. The predicted octanol–water partition coefficient (Wildman–Crippen LogP) is 4.18. The predicted molar refractivity (Wildman–Crippen MR) is 108 cm³/mol. The minimum Gasteiger partial charge on any atom is -0.493 e. The number of fused-ring (bicyclic) bond motifs is 3. The molecule has 26 heavy (non-hydrogen) atoms. The summed E-state index contributed by atoms with van der Waals surface area (Å²) in [5, 5.41) is 4.86. The van der Waals surface area contributed by atoms with Crippen LogP contribution in [0.4, 0.5) is 0 Å². The molecule has 0 unspecified atom stereocenters. The molecule has 1 aliphatic heterocycles. The van der Waals surface area contributed by atoms with Crippen molar-refractivity contribution in [1.29, 1.82) is 0 Å². The lowest BCUT2D eigenvalue weighted by molar-refractivity contribution is 0.297. The number of rotatable bonds is 5. The maximum Gasteiger partial charge on any atom is 0.161 e. The number of para-hydroxylation sites is 1. The lowest BCUT2D eigenvalue weighted by Gasteiger charge is -2.12. The number of methoxy groups -OCH3 is 1. The number of nitrogens with one attached hydrogen (secondary N) is 1. The van der Waals surface area contributed by atoms with Crippen LogP contribution in [0, 0.1) is 0 Å². The van der Waals surface area contributed by atoms with Crippen LogP contribution >= 0.6 is 15.9 Å². The molecule has 0 aliphatic carbocycles. The van der Waals surface area contributed by atoms with E-state index >= 15 is 0 Å². The van der Waals surface area contributed by atoms with Gasteiger partial charge in [-0.1, -0.05) is 34.1 Å². The molecule has 0 radical (unpaired) electrons. The molecule has 0 atom stereocenters. The fourth-order valence-corrected chi connectivity index (χ4v) is 4.13. The van der Waals surface area contributed by atoms with Gasteiger partial charge < -0.3 is 19.4 Å². The molecule has 3 aromatic rings. The van der Waals surface area contributed by atoms with Gasteiger partial charge in [-0.2, -0.15) is 0 Å². The van der Waals surface area contributed by atoms with E-state index in [9.17, 15) is 0 Å².